The Morgan fingerprint density at radius 3 is 2.78 bits per heavy atom. The fourth-order valence-electron chi connectivity index (χ4n) is 2.73. The summed E-state index contributed by atoms with van der Waals surface area (Å²) >= 11 is 0. The number of carbonyl (C=O) groups excluding carboxylic acids is 1. The fraction of sp³-hybridized carbons (Fsp3) is 0.222. The molecule has 1 N–H and O–H groups in total. The zero-order valence-corrected chi connectivity index (χ0v) is 13.4. The lowest BCUT2D eigenvalue weighted by Crippen LogP contribution is -2.30. The monoisotopic (exact) mass is 309 g/mol. The van der Waals surface area contributed by atoms with Gasteiger partial charge in [-0.3, -0.25) is 9.89 Å². The van der Waals surface area contributed by atoms with Crippen molar-refractivity contribution in [1.29, 1.82) is 0 Å². The molecule has 0 radical (unpaired) electrons. The number of methoxy groups -OCH3 is 1. The number of ether oxygens (including phenoxy) is 1. The maximum absolute atomic E-state index is 12.9. The van der Waals surface area contributed by atoms with Gasteiger partial charge in [-0.25, -0.2) is 0 Å². The van der Waals surface area contributed by atoms with Gasteiger partial charge in [-0.2, -0.15) is 5.10 Å². The highest BCUT2D eigenvalue weighted by molar-refractivity contribution is 6.05. The average Bonchev–Trinajstić information content (AvgIpc) is 3.08. The van der Waals surface area contributed by atoms with E-state index >= 15 is 0 Å². The topological polar surface area (TPSA) is 58.2 Å². The molecular weight excluding hydrogens is 290 g/mol. The molecule has 0 fully saturated rings. The summed E-state index contributed by atoms with van der Waals surface area (Å²) in [6, 6.07) is 13.2. The summed E-state index contributed by atoms with van der Waals surface area (Å²) in [6.45, 7) is 1.99. The number of aromatic nitrogens is 2. The number of amides is 1. The lowest BCUT2D eigenvalue weighted by Gasteiger charge is -2.26. The Kier molecular flexibility index (Phi) is 4.02. The van der Waals surface area contributed by atoms with Gasteiger partial charge in [0, 0.05) is 18.0 Å². The van der Waals surface area contributed by atoms with E-state index in [-0.39, 0.29) is 11.9 Å². The van der Waals surface area contributed by atoms with Crippen LogP contribution in [0.15, 0.2) is 48.7 Å². The highest BCUT2D eigenvalue weighted by Gasteiger charge is 2.23. The number of hydrogen-bond acceptors (Lipinski definition) is 3. The molecule has 2 aromatic carbocycles. The van der Waals surface area contributed by atoms with Crippen LogP contribution in [-0.4, -0.2) is 35.2 Å². The molecule has 1 unspecified atom stereocenters. The van der Waals surface area contributed by atoms with Crippen molar-refractivity contribution in [2.75, 3.05) is 14.2 Å². The van der Waals surface area contributed by atoms with Crippen LogP contribution < -0.4 is 4.74 Å². The summed E-state index contributed by atoms with van der Waals surface area (Å²) in [7, 11) is 3.44. The van der Waals surface area contributed by atoms with Crippen LogP contribution in [0.4, 0.5) is 0 Å². The Bertz CT molecular complexity index is 841. The minimum atomic E-state index is -0.114. The van der Waals surface area contributed by atoms with E-state index in [1.807, 2.05) is 49.4 Å². The van der Waals surface area contributed by atoms with Gasteiger partial charge in [0.15, 0.2) is 0 Å². The molecule has 1 atom stereocenters. The second-order valence-electron chi connectivity index (χ2n) is 5.47. The molecule has 0 aliphatic rings. The van der Waals surface area contributed by atoms with Crippen LogP contribution in [0, 0.1) is 0 Å². The Hall–Kier alpha value is -2.82. The predicted octanol–water partition coefficient (Wildman–Crippen LogP) is 3.40. The summed E-state index contributed by atoms with van der Waals surface area (Å²) in [5.41, 5.74) is 2.35. The first-order chi connectivity index (χ1) is 11.1. The van der Waals surface area contributed by atoms with Crippen molar-refractivity contribution in [3.05, 3.63) is 59.8 Å². The van der Waals surface area contributed by atoms with E-state index < -0.39 is 0 Å². The molecule has 0 saturated heterocycles. The molecule has 118 valence electrons. The number of rotatable bonds is 4. The fourth-order valence-corrected chi connectivity index (χ4v) is 2.73. The molecule has 5 nitrogen and oxygen atoms in total. The molecular formula is C18H19N3O2. The van der Waals surface area contributed by atoms with Gasteiger partial charge in [-0.05, 0) is 19.1 Å². The molecule has 0 bridgehead atoms. The van der Waals surface area contributed by atoms with Gasteiger partial charge in [-0.15, -0.1) is 0 Å². The molecule has 23 heavy (non-hydrogen) atoms. The van der Waals surface area contributed by atoms with Gasteiger partial charge in [0.25, 0.3) is 5.91 Å². The highest BCUT2D eigenvalue weighted by Crippen LogP contribution is 2.29. The smallest absolute Gasteiger partial charge is 0.256 e. The molecule has 5 heteroatoms. The van der Waals surface area contributed by atoms with Crippen molar-refractivity contribution in [3.8, 4) is 5.75 Å². The lowest BCUT2D eigenvalue weighted by atomic mass is 10.0. The molecule has 0 saturated carbocycles. The molecule has 0 aliphatic carbocycles. The first-order valence-corrected chi connectivity index (χ1v) is 7.45. The van der Waals surface area contributed by atoms with E-state index in [1.54, 1.807) is 25.3 Å². The van der Waals surface area contributed by atoms with Crippen molar-refractivity contribution in [2.24, 2.45) is 0 Å². The Labute approximate surface area is 134 Å². The SMILES string of the molecule is COc1ccccc1C(C)N(C)C(=O)c1cccc2cn[nH]c12. The van der Waals surface area contributed by atoms with Crippen LogP contribution in [-0.2, 0) is 0 Å². The van der Waals surface area contributed by atoms with Crippen molar-refractivity contribution in [3.63, 3.8) is 0 Å². The van der Waals surface area contributed by atoms with Gasteiger partial charge in [0.1, 0.15) is 5.75 Å². The van der Waals surface area contributed by atoms with Crippen LogP contribution in [0.3, 0.4) is 0 Å². The molecule has 3 aromatic rings. The predicted molar refractivity (Wildman–Crippen MR) is 89.6 cm³/mol. The van der Waals surface area contributed by atoms with Crippen LogP contribution in [0.5, 0.6) is 5.75 Å². The van der Waals surface area contributed by atoms with E-state index in [9.17, 15) is 4.79 Å². The van der Waals surface area contributed by atoms with E-state index in [1.165, 1.54) is 0 Å². The summed E-state index contributed by atoms with van der Waals surface area (Å²) in [6.07, 6.45) is 1.72. The number of aromatic amines is 1. The number of hydrogen-bond donors (Lipinski definition) is 1. The first-order valence-electron chi connectivity index (χ1n) is 7.45. The first kappa shape index (κ1) is 15.1. The second kappa shape index (κ2) is 6.12. The number of fused-ring (bicyclic) bond motifs is 1. The van der Waals surface area contributed by atoms with Crippen LogP contribution in [0.1, 0.15) is 28.9 Å². The maximum atomic E-state index is 12.9. The van der Waals surface area contributed by atoms with Crippen LogP contribution >= 0.6 is 0 Å². The third-order valence-corrected chi connectivity index (χ3v) is 4.20. The third kappa shape index (κ3) is 2.65. The quantitative estimate of drug-likeness (QED) is 0.803. The number of nitrogens with zero attached hydrogens (tertiary/aromatic N) is 2. The summed E-state index contributed by atoms with van der Waals surface area (Å²) in [5.74, 6) is 0.720. The third-order valence-electron chi connectivity index (χ3n) is 4.20. The number of benzene rings is 2. The summed E-state index contributed by atoms with van der Waals surface area (Å²) in [4.78, 5) is 14.6. The molecule has 1 heterocycles. The Morgan fingerprint density at radius 2 is 2.00 bits per heavy atom. The van der Waals surface area contributed by atoms with Gasteiger partial charge >= 0.3 is 0 Å². The minimum absolute atomic E-state index is 0.0572. The summed E-state index contributed by atoms with van der Waals surface area (Å²) in [5, 5.41) is 7.85. The van der Waals surface area contributed by atoms with Crippen LogP contribution in [0.25, 0.3) is 10.9 Å². The Balaban J connectivity index is 1.94. The normalized spacial score (nSPS) is 12.1. The van der Waals surface area contributed by atoms with Gasteiger partial charge in [0.05, 0.1) is 30.4 Å². The largest absolute Gasteiger partial charge is 0.496 e. The van der Waals surface area contributed by atoms with E-state index in [2.05, 4.69) is 10.2 Å². The van der Waals surface area contributed by atoms with E-state index in [0.29, 0.717) is 5.56 Å². The van der Waals surface area contributed by atoms with Gasteiger partial charge < -0.3 is 9.64 Å². The Morgan fingerprint density at radius 1 is 1.22 bits per heavy atom. The average molecular weight is 309 g/mol. The molecule has 1 aromatic heterocycles. The zero-order valence-electron chi connectivity index (χ0n) is 13.4. The van der Waals surface area contributed by atoms with E-state index in [4.69, 9.17) is 4.74 Å². The molecule has 0 spiro atoms. The van der Waals surface area contributed by atoms with Crippen LogP contribution in [0.2, 0.25) is 0 Å². The van der Waals surface area contributed by atoms with Gasteiger partial charge in [-0.1, -0.05) is 30.3 Å². The van der Waals surface area contributed by atoms with Gasteiger partial charge in [0.2, 0.25) is 0 Å². The lowest BCUT2D eigenvalue weighted by molar-refractivity contribution is 0.0743. The van der Waals surface area contributed by atoms with Crippen molar-refractivity contribution >= 4 is 16.8 Å². The highest BCUT2D eigenvalue weighted by atomic mass is 16.5. The number of nitrogens with one attached hydrogen (secondary N) is 1. The van der Waals surface area contributed by atoms with Crippen molar-refractivity contribution in [2.45, 2.75) is 13.0 Å². The number of carbonyl (C=O) groups is 1. The maximum Gasteiger partial charge on any atom is 0.256 e. The molecule has 3 rings (SSSR count). The second-order valence-corrected chi connectivity index (χ2v) is 5.47. The summed E-state index contributed by atoms with van der Waals surface area (Å²) < 4.78 is 5.41. The zero-order chi connectivity index (χ0) is 16.4. The molecule has 1 amide bonds. The van der Waals surface area contributed by atoms with Crippen molar-refractivity contribution in [1.82, 2.24) is 15.1 Å². The van der Waals surface area contributed by atoms with E-state index in [0.717, 1.165) is 22.2 Å². The van der Waals surface area contributed by atoms with Crippen molar-refractivity contribution < 1.29 is 9.53 Å². The minimum Gasteiger partial charge on any atom is -0.496 e. The number of H-pyrrole nitrogens is 1. The number of para-hydroxylation sites is 2. The standard InChI is InChI=1S/C18H19N3O2/c1-12(14-8-4-5-10-16(14)23-3)21(2)18(22)15-9-6-7-13-11-19-20-17(13)15/h4-12H,1-3H3,(H,19,20). The molecule has 0 aliphatic heterocycles.